The fourth-order valence-electron chi connectivity index (χ4n) is 2.82. The minimum absolute atomic E-state index is 0.0167. The van der Waals surface area contributed by atoms with Gasteiger partial charge in [-0.25, -0.2) is 19.2 Å². The molecule has 0 saturated heterocycles. The van der Waals surface area contributed by atoms with Gasteiger partial charge < -0.3 is 16.2 Å². The van der Waals surface area contributed by atoms with E-state index in [0.29, 0.717) is 11.5 Å². The molecule has 158 valence electrons. The van der Waals surface area contributed by atoms with Crippen molar-refractivity contribution in [2.24, 2.45) is 0 Å². The van der Waals surface area contributed by atoms with Gasteiger partial charge in [-0.05, 0) is 18.2 Å². The first-order valence-corrected chi connectivity index (χ1v) is 9.40. The standard InChI is InChI=1S/C18H13Cl2FN8O2/c19-12-4-9(11-7-24-18(31)28-15(11)22)14(21)5-10(12)17(30)27-8-3-13(20)16(23-6-8)29-25-1-2-26-29/h1-7,17,27,30H,(H3,22,24,28,31). The van der Waals surface area contributed by atoms with E-state index in [1.165, 1.54) is 35.5 Å². The van der Waals surface area contributed by atoms with Gasteiger partial charge in [0.1, 0.15) is 11.6 Å². The molecule has 13 heteroatoms. The zero-order chi connectivity index (χ0) is 22.1. The number of rotatable bonds is 5. The molecule has 0 aliphatic carbocycles. The van der Waals surface area contributed by atoms with E-state index in [9.17, 15) is 14.3 Å². The fourth-order valence-corrected chi connectivity index (χ4v) is 3.33. The summed E-state index contributed by atoms with van der Waals surface area (Å²) in [6, 6.07) is 3.83. The third-order valence-corrected chi connectivity index (χ3v) is 4.85. The molecule has 0 fully saturated rings. The van der Waals surface area contributed by atoms with Gasteiger partial charge in [0, 0.05) is 27.9 Å². The molecular formula is C18H13Cl2FN8O2. The second-order valence-corrected chi connectivity index (χ2v) is 7.08. The number of nitrogens with zero attached hydrogens (tertiary/aromatic N) is 5. The number of H-pyrrole nitrogens is 1. The van der Waals surface area contributed by atoms with E-state index >= 15 is 0 Å². The molecule has 4 rings (SSSR count). The van der Waals surface area contributed by atoms with Crippen molar-refractivity contribution in [2.45, 2.75) is 6.23 Å². The van der Waals surface area contributed by atoms with Crippen molar-refractivity contribution in [1.29, 1.82) is 0 Å². The number of aliphatic hydroxyl groups excluding tert-OH is 1. The maximum Gasteiger partial charge on any atom is 0.346 e. The van der Waals surface area contributed by atoms with E-state index in [2.05, 4.69) is 30.5 Å². The lowest BCUT2D eigenvalue weighted by Gasteiger charge is -2.17. The van der Waals surface area contributed by atoms with Crippen molar-refractivity contribution in [3.63, 3.8) is 0 Å². The topological polar surface area (TPSA) is 148 Å². The molecule has 0 amide bonds. The summed E-state index contributed by atoms with van der Waals surface area (Å²) < 4.78 is 14.7. The molecule has 31 heavy (non-hydrogen) atoms. The maximum absolute atomic E-state index is 14.7. The van der Waals surface area contributed by atoms with E-state index < -0.39 is 17.7 Å². The normalized spacial score (nSPS) is 12.0. The van der Waals surface area contributed by atoms with Crippen molar-refractivity contribution < 1.29 is 9.50 Å². The minimum atomic E-state index is -1.38. The molecule has 1 aromatic carbocycles. The molecule has 0 radical (unpaired) electrons. The number of halogens is 3. The molecule has 0 aliphatic rings. The molecule has 0 bridgehead atoms. The van der Waals surface area contributed by atoms with Gasteiger partial charge in [0.2, 0.25) is 0 Å². The Balaban J connectivity index is 1.60. The van der Waals surface area contributed by atoms with E-state index in [-0.39, 0.29) is 32.6 Å². The Morgan fingerprint density at radius 2 is 1.84 bits per heavy atom. The number of anilines is 2. The van der Waals surface area contributed by atoms with Gasteiger partial charge in [0.25, 0.3) is 0 Å². The number of nitrogens with two attached hydrogens (primary N) is 1. The van der Waals surface area contributed by atoms with Crippen molar-refractivity contribution in [2.75, 3.05) is 11.1 Å². The summed E-state index contributed by atoms with van der Waals surface area (Å²) in [5.74, 6) is -0.488. The summed E-state index contributed by atoms with van der Waals surface area (Å²) in [5.41, 5.74) is 5.66. The lowest BCUT2D eigenvalue weighted by atomic mass is 10.0. The van der Waals surface area contributed by atoms with Gasteiger partial charge in [0.15, 0.2) is 12.0 Å². The van der Waals surface area contributed by atoms with Crippen molar-refractivity contribution in [1.82, 2.24) is 29.9 Å². The van der Waals surface area contributed by atoms with Crippen LogP contribution in [-0.2, 0) is 0 Å². The summed E-state index contributed by atoms with van der Waals surface area (Å²) in [5, 5.41) is 21.4. The molecule has 5 N–H and O–H groups in total. The van der Waals surface area contributed by atoms with Crippen LogP contribution in [0.15, 0.2) is 47.8 Å². The highest BCUT2D eigenvalue weighted by molar-refractivity contribution is 6.32. The summed E-state index contributed by atoms with van der Waals surface area (Å²) in [7, 11) is 0. The van der Waals surface area contributed by atoms with E-state index in [1.54, 1.807) is 0 Å². The highest BCUT2D eigenvalue weighted by atomic mass is 35.5. The Morgan fingerprint density at radius 1 is 1.10 bits per heavy atom. The third-order valence-electron chi connectivity index (χ3n) is 4.25. The minimum Gasteiger partial charge on any atom is -0.385 e. The van der Waals surface area contributed by atoms with Gasteiger partial charge in [-0.3, -0.25) is 4.98 Å². The van der Waals surface area contributed by atoms with Gasteiger partial charge in [-0.15, -0.1) is 4.80 Å². The van der Waals surface area contributed by atoms with Crippen LogP contribution < -0.4 is 16.7 Å². The largest absolute Gasteiger partial charge is 0.385 e. The summed E-state index contributed by atoms with van der Waals surface area (Å²) in [6.45, 7) is 0. The van der Waals surface area contributed by atoms with Gasteiger partial charge in [0.05, 0.1) is 29.3 Å². The number of benzene rings is 1. The van der Waals surface area contributed by atoms with E-state index in [1.807, 2.05) is 0 Å². The number of nitrogens with one attached hydrogen (secondary N) is 2. The number of aromatic nitrogens is 6. The van der Waals surface area contributed by atoms with Gasteiger partial charge in [-0.2, -0.15) is 10.2 Å². The monoisotopic (exact) mass is 462 g/mol. The molecule has 3 heterocycles. The first-order chi connectivity index (χ1) is 14.8. The molecule has 0 saturated carbocycles. The second-order valence-electron chi connectivity index (χ2n) is 6.26. The predicted molar refractivity (Wildman–Crippen MR) is 112 cm³/mol. The number of hydrogen-bond acceptors (Lipinski definition) is 8. The Bertz CT molecular complexity index is 1310. The predicted octanol–water partition coefficient (Wildman–Crippen LogP) is 2.54. The molecule has 3 aromatic heterocycles. The molecule has 1 atom stereocenters. The zero-order valence-electron chi connectivity index (χ0n) is 15.4. The average Bonchev–Trinajstić information content (AvgIpc) is 3.24. The fraction of sp³-hybridized carbons (Fsp3) is 0.0556. The van der Waals surface area contributed by atoms with Gasteiger partial charge in [-0.1, -0.05) is 23.2 Å². The SMILES string of the molecule is Nc1[nH]c(=O)ncc1-c1cc(Cl)c(C(O)Nc2cnc(-n3nccn3)c(Cl)c2)cc1F. The van der Waals surface area contributed by atoms with Crippen molar-refractivity contribution in [3.8, 4) is 16.9 Å². The van der Waals surface area contributed by atoms with Crippen LogP contribution in [-0.4, -0.2) is 35.1 Å². The van der Waals surface area contributed by atoms with Gasteiger partial charge >= 0.3 is 5.69 Å². The van der Waals surface area contributed by atoms with Crippen LogP contribution in [0.5, 0.6) is 0 Å². The van der Waals surface area contributed by atoms with Crippen LogP contribution >= 0.6 is 23.2 Å². The van der Waals surface area contributed by atoms with Crippen LogP contribution in [0.25, 0.3) is 16.9 Å². The van der Waals surface area contributed by atoms with Crippen LogP contribution in [0.4, 0.5) is 15.9 Å². The maximum atomic E-state index is 14.7. The highest BCUT2D eigenvalue weighted by Crippen LogP contribution is 2.34. The average molecular weight is 463 g/mol. The summed E-state index contributed by atoms with van der Waals surface area (Å²) >= 11 is 12.5. The Kier molecular flexibility index (Phi) is 5.55. The van der Waals surface area contributed by atoms with E-state index in [0.717, 1.165) is 12.3 Å². The molecule has 0 spiro atoms. The Labute approximate surface area is 183 Å². The first kappa shape index (κ1) is 20.7. The lowest BCUT2D eigenvalue weighted by molar-refractivity contribution is 0.208. The number of aromatic amines is 1. The highest BCUT2D eigenvalue weighted by Gasteiger charge is 2.19. The summed E-state index contributed by atoms with van der Waals surface area (Å²) in [6.07, 6.45) is 4.11. The van der Waals surface area contributed by atoms with Crippen LogP contribution in [0.3, 0.4) is 0 Å². The Hall–Kier alpha value is -3.54. The quantitative estimate of drug-likeness (QED) is 0.330. The zero-order valence-corrected chi connectivity index (χ0v) is 16.9. The van der Waals surface area contributed by atoms with Crippen LogP contribution in [0, 0.1) is 5.82 Å². The van der Waals surface area contributed by atoms with Crippen molar-refractivity contribution >= 4 is 34.7 Å². The molecule has 4 aromatic rings. The molecule has 0 aliphatic heterocycles. The molecule has 1 unspecified atom stereocenters. The number of aliphatic hydroxyl groups is 1. The number of hydrogen-bond donors (Lipinski definition) is 4. The molecule has 10 nitrogen and oxygen atoms in total. The second kappa shape index (κ2) is 8.30. The Morgan fingerprint density at radius 3 is 2.52 bits per heavy atom. The number of pyridine rings is 1. The summed E-state index contributed by atoms with van der Waals surface area (Å²) in [4.78, 5) is 22.4. The van der Waals surface area contributed by atoms with Crippen molar-refractivity contribution in [3.05, 3.63) is 74.9 Å². The smallest absolute Gasteiger partial charge is 0.346 e. The first-order valence-electron chi connectivity index (χ1n) is 8.64. The lowest BCUT2D eigenvalue weighted by Crippen LogP contribution is -2.14. The molecular weight excluding hydrogens is 450 g/mol. The van der Waals surface area contributed by atoms with Crippen LogP contribution in [0.2, 0.25) is 10.0 Å². The number of nitrogen functional groups attached to an aromatic ring is 1. The third kappa shape index (κ3) is 4.19. The van der Waals surface area contributed by atoms with E-state index in [4.69, 9.17) is 28.9 Å². The van der Waals surface area contributed by atoms with Crippen LogP contribution in [0.1, 0.15) is 11.8 Å².